The summed E-state index contributed by atoms with van der Waals surface area (Å²) < 4.78 is 20.7. The summed E-state index contributed by atoms with van der Waals surface area (Å²) in [7, 11) is 2.67. The summed E-state index contributed by atoms with van der Waals surface area (Å²) in [5.74, 6) is -2.71. The molecule has 1 atom stereocenters. The molecule has 0 aliphatic carbocycles. The molecule has 0 radical (unpaired) electrons. The Bertz CT molecular complexity index is 876. The van der Waals surface area contributed by atoms with E-state index in [2.05, 4.69) is 0 Å². The molecule has 1 aromatic heterocycles. The zero-order valence-electron chi connectivity index (χ0n) is 15.7. The van der Waals surface area contributed by atoms with E-state index in [-0.39, 0.29) is 41.8 Å². The van der Waals surface area contributed by atoms with Crippen LogP contribution >= 0.6 is 0 Å². The highest BCUT2D eigenvalue weighted by Gasteiger charge is 2.28. The van der Waals surface area contributed by atoms with Crippen molar-refractivity contribution in [3.8, 4) is 23.0 Å². The fourth-order valence-electron chi connectivity index (χ4n) is 2.73. The third-order valence-electron chi connectivity index (χ3n) is 4.05. The standard InChI is InChI=1S/C19H22O9/c1-4-27-16(22)8-12(19-17(23)13(21)7-11(9-20)28-19)10-5-14(25-2)18(24)15(6-10)26-3/h5-7,12,20,23-24H,4,8-9H2,1-3H3/t12-/m0/s1. The van der Waals surface area contributed by atoms with Gasteiger partial charge in [-0.05, 0) is 24.6 Å². The van der Waals surface area contributed by atoms with E-state index in [1.165, 1.54) is 26.4 Å². The van der Waals surface area contributed by atoms with Gasteiger partial charge in [0.25, 0.3) is 0 Å². The molecule has 3 N–H and O–H groups in total. The maximum absolute atomic E-state index is 12.1. The second-order valence-corrected chi connectivity index (χ2v) is 5.78. The molecule has 2 aromatic rings. The molecule has 2 rings (SSSR count). The van der Waals surface area contributed by atoms with Crippen LogP contribution in [0.2, 0.25) is 0 Å². The maximum Gasteiger partial charge on any atom is 0.306 e. The van der Waals surface area contributed by atoms with Crippen molar-refractivity contribution in [2.75, 3.05) is 20.8 Å². The third kappa shape index (κ3) is 4.37. The third-order valence-corrected chi connectivity index (χ3v) is 4.05. The molecule has 0 aliphatic heterocycles. The first-order valence-electron chi connectivity index (χ1n) is 8.43. The van der Waals surface area contributed by atoms with E-state index in [0.29, 0.717) is 5.56 Å². The van der Waals surface area contributed by atoms with Crippen LogP contribution in [-0.4, -0.2) is 42.1 Å². The van der Waals surface area contributed by atoms with Gasteiger partial charge in [0.15, 0.2) is 17.3 Å². The Morgan fingerprint density at radius 1 is 1.11 bits per heavy atom. The van der Waals surface area contributed by atoms with Crippen LogP contribution in [0.15, 0.2) is 27.4 Å². The second kappa shape index (κ2) is 9.14. The van der Waals surface area contributed by atoms with Gasteiger partial charge in [0.05, 0.1) is 33.2 Å². The topological polar surface area (TPSA) is 136 Å². The maximum atomic E-state index is 12.1. The van der Waals surface area contributed by atoms with E-state index in [0.717, 1.165) is 6.07 Å². The minimum Gasteiger partial charge on any atom is -0.502 e. The van der Waals surface area contributed by atoms with Gasteiger partial charge in [0.1, 0.15) is 12.4 Å². The van der Waals surface area contributed by atoms with Gasteiger partial charge in [-0.15, -0.1) is 0 Å². The number of phenolic OH excluding ortho intramolecular Hbond substituents is 1. The lowest BCUT2D eigenvalue weighted by Crippen LogP contribution is -2.15. The number of aromatic hydroxyl groups is 2. The number of ether oxygens (including phenoxy) is 3. The van der Waals surface area contributed by atoms with Crippen molar-refractivity contribution in [1.29, 1.82) is 0 Å². The first-order valence-corrected chi connectivity index (χ1v) is 8.43. The first kappa shape index (κ1) is 21.1. The van der Waals surface area contributed by atoms with Crippen LogP contribution in [0.4, 0.5) is 0 Å². The summed E-state index contributed by atoms with van der Waals surface area (Å²) in [6.07, 6.45) is -0.281. The molecule has 1 heterocycles. The zero-order chi connectivity index (χ0) is 20.8. The minimum absolute atomic E-state index is 0.0587. The van der Waals surface area contributed by atoms with Crippen molar-refractivity contribution in [2.24, 2.45) is 0 Å². The highest BCUT2D eigenvalue weighted by atomic mass is 16.5. The fourth-order valence-corrected chi connectivity index (χ4v) is 2.73. The summed E-state index contributed by atoms with van der Waals surface area (Å²) in [6.45, 7) is 1.21. The Hall–Kier alpha value is -3.20. The van der Waals surface area contributed by atoms with Crippen LogP contribution in [0.3, 0.4) is 0 Å². The van der Waals surface area contributed by atoms with Crippen LogP contribution < -0.4 is 14.9 Å². The Morgan fingerprint density at radius 3 is 2.21 bits per heavy atom. The van der Waals surface area contributed by atoms with E-state index in [1.54, 1.807) is 6.92 Å². The number of rotatable bonds is 8. The number of esters is 1. The van der Waals surface area contributed by atoms with Crippen LogP contribution in [0.1, 0.15) is 36.3 Å². The van der Waals surface area contributed by atoms with Crippen molar-refractivity contribution in [3.63, 3.8) is 0 Å². The molecule has 9 nitrogen and oxygen atoms in total. The zero-order valence-corrected chi connectivity index (χ0v) is 15.7. The van der Waals surface area contributed by atoms with Crippen LogP contribution in [0, 0.1) is 0 Å². The van der Waals surface area contributed by atoms with Crippen molar-refractivity contribution in [2.45, 2.75) is 25.9 Å². The predicted molar refractivity (Wildman–Crippen MR) is 96.9 cm³/mol. The van der Waals surface area contributed by atoms with Crippen molar-refractivity contribution in [1.82, 2.24) is 0 Å². The van der Waals surface area contributed by atoms with E-state index >= 15 is 0 Å². The SMILES string of the molecule is CCOC(=O)C[C@@H](c1cc(OC)c(O)c(OC)c1)c1oc(CO)cc(=O)c1O. The summed E-state index contributed by atoms with van der Waals surface area (Å²) in [5.41, 5.74) is -0.412. The van der Waals surface area contributed by atoms with Gasteiger partial charge >= 0.3 is 5.97 Å². The number of aliphatic hydroxyl groups excluding tert-OH is 1. The van der Waals surface area contributed by atoms with Crippen molar-refractivity contribution < 1.29 is 38.7 Å². The smallest absolute Gasteiger partial charge is 0.306 e. The lowest BCUT2D eigenvalue weighted by Gasteiger charge is -2.19. The fraction of sp³-hybridized carbons (Fsp3) is 0.368. The van der Waals surface area contributed by atoms with Crippen LogP contribution in [0.5, 0.6) is 23.0 Å². The average molecular weight is 394 g/mol. The summed E-state index contributed by atoms with van der Waals surface area (Å²) >= 11 is 0. The molecule has 1 aromatic carbocycles. The monoisotopic (exact) mass is 394 g/mol. The van der Waals surface area contributed by atoms with E-state index < -0.39 is 29.7 Å². The number of methoxy groups -OCH3 is 2. The highest BCUT2D eigenvalue weighted by molar-refractivity contribution is 5.72. The van der Waals surface area contributed by atoms with Crippen molar-refractivity contribution in [3.05, 3.63) is 45.5 Å². The molecule has 9 heteroatoms. The minimum atomic E-state index is -0.971. The van der Waals surface area contributed by atoms with Gasteiger partial charge in [-0.3, -0.25) is 9.59 Å². The molecule has 0 saturated carbocycles. The Labute approximate surface area is 160 Å². The molecule has 0 unspecified atom stereocenters. The van der Waals surface area contributed by atoms with Gasteiger partial charge in [-0.2, -0.15) is 0 Å². The molecule has 28 heavy (non-hydrogen) atoms. The second-order valence-electron chi connectivity index (χ2n) is 5.78. The van der Waals surface area contributed by atoms with E-state index in [9.17, 15) is 24.9 Å². The molecule has 0 fully saturated rings. The normalized spacial score (nSPS) is 11.7. The van der Waals surface area contributed by atoms with E-state index in [4.69, 9.17) is 18.6 Å². The van der Waals surface area contributed by atoms with E-state index in [1.807, 2.05) is 0 Å². The molecule has 0 amide bonds. The average Bonchev–Trinajstić information content (AvgIpc) is 2.68. The lowest BCUT2D eigenvalue weighted by molar-refractivity contribution is -0.143. The Morgan fingerprint density at radius 2 is 1.71 bits per heavy atom. The largest absolute Gasteiger partial charge is 0.502 e. The highest BCUT2D eigenvalue weighted by Crippen LogP contribution is 2.42. The van der Waals surface area contributed by atoms with Gasteiger partial charge in [0.2, 0.25) is 16.9 Å². The van der Waals surface area contributed by atoms with Gasteiger partial charge in [-0.25, -0.2) is 0 Å². The van der Waals surface area contributed by atoms with Crippen molar-refractivity contribution >= 4 is 5.97 Å². The van der Waals surface area contributed by atoms with Gasteiger partial charge in [0, 0.05) is 6.07 Å². The molecular formula is C19H22O9. The molecule has 0 spiro atoms. The van der Waals surface area contributed by atoms with Crippen LogP contribution in [-0.2, 0) is 16.1 Å². The quantitative estimate of drug-likeness (QED) is 0.571. The summed E-state index contributed by atoms with van der Waals surface area (Å²) in [6, 6.07) is 3.80. The Balaban J connectivity index is 2.69. The predicted octanol–water partition coefficient (Wildman–Crippen LogP) is 1.65. The van der Waals surface area contributed by atoms with Crippen LogP contribution in [0.25, 0.3) is 0 Å². The van der Waals surface area contributed by atoms with Gasteiger partial charge in [-0.1, -0.05) is 0 Å². The summed E-state index contributed by atoms with van der Waals surface area (Å²) in [5, 5.41) is 29.7. The Kier molecular flexibility index (Phi) is 6.89. The summed E-state index contributed by atoms with van der Waals surface area (Å²) in [4.78, 5) is 24.2. The number of benzene rings is 1. The molecule has 0 aliphatic rings. The molecule has 0 bridgehead atoms. The number of carbonyl (C=O) groups is 1. The number of phenols is 1. The number of carbonyl (C=O) groups excluding carboxylic acids is 1. The number of hydrogen-bond donors (Lipinski definition) is 3. The number of hydrogen-bond acceptors (Lipinski definition) is 9. The molecule has 152 valence electrons. The number of aliphatic hydroxyl groups is 1. The lowest BCUT2D eigenvalue weighted by atomic mass is 9.91. The van der Waals surface area contributed by atoms with Gasteiger partial charge < -0.3 is 33.9 Å². The first-order chi connectivity index (χ1) is 13.4. The molecular weight excluding hydrogens is 372 g/mol. The molecule has 0 saturated heterocycles.